The van der Waals surface area contributed by atoms with Crippen LogP contribution < -0.4 is 5.32 Å². The molecule has 1 fully saturated rings. The van der Waals surface area contributed by atoms with Gasteiger partial charge in [0, 0.05) is 10.9 Å². The molecule has 2 heteroatoms. The Kier molecular flexibility index (Phi) is 3.24. The van der Waals surface area contributed by atoms with Gasteiger partial charge in [-0.05, 0) is 55.7 Å². The summed E-state index contributed by atoms with van der Waals surface area (Å²) in [5.41, 5.74) is 1.55. The van der Waals surface area contributed by atoms with Gasteiger partial charge in [0.1, 0.15) is 0 Å². The molecule has 1 unspecified atom stereocenters. The van der Waals surface area contributed by atoms with Gasteiger partial charge in [-0.15, -0.1) is 11.3 Å². The second-order valence-electron chi connectivity index (χ2n) is 4.20. The van der Waals surface area contributed by atoms with Crippen LogP contribution in [0.2, 0.25) is 0 Å². The van der Waals surface area contributed by atoms with Crippen LogP contribution in [0.25, 0.3) is 0 Å². The van der Waals surface area contributed by atoms with Crippen LogP contribution in [0.5, 0.6) is 0 Å². The fourth-order valence-corrected chi connectivity index (χ4v) is 2.73. The molecule has 1 aliphatic carbocycles. The normalized spacial score (nSPS) is 18.4. The van der Waals surface area contributed by atoms with E-state index in [4.69, 9.17) is 0 Å². The summed E-state index contributed by atoms with van der Waals surface area (Å²) in [6.45, 7) is 5.62. The van der Waals surface area contributed by atoms with Gasteiger partial charge >= 0.3 is 0 Å². The lowest BCUT2D eigenvalue weighted by molar-refractivity contribution is 0.481. The van der Waals surface area contributed by atoms with Crippen molar-refractivity contribution < 1.29 is 0 Å². The Morgan fingerprint density at radius 3 is 2.86 bits per heavy atom. The highest BCUT2D eigenvalue weighted by Gasteiger charge is 2.32. The molecular formula is C12H19NS. The molecule has 2 rings (SSSR count). The van der Waals surface area contributed by atoms with E-state index in [0.29, 0.717) is 6.04 Å². The molecule has 0 saturated heterocycles. The number of hydrogen-bond donors (Lipinski definition) is 1. The maximum Gasteiger partial charge on any atom is 0.0359 e. The Morgan fingerprint density at radius 2 is 2.36 bits per heavy atom. The van der Waals surface area contributed by atoms with E-state index in [2.05, 4.69) is 30.6 Å². The van der Waals surface area contributed by atoms with E-state index in [1.54, 1.807) is 5.56 Å². The van der Waals surface area contributed by atoms with E-state index in [1.807, 2.05) is 11.3 Å². The Balaban J connectivity index is 2.06. The van der Waals surface area contributed by atoms with Crippen molar-refractivity contribution in [2.45, 2.75) is 39.2 Å². The van der Waals surface area contributed by atoms with Crippen LogP contribution in [-0.2, 0) is 0 Å². The lowest BCUT2D eigenvalue weighted by Crippen LogP contribution is -2.23. The van der Waals surface area contributed by atoms with Crippen LogP contribution in [-0.4, -0.2) is 6.54 Å². The highest BCUT2D eigenvalue weighted by Crippen LogP contribution is 2.42. The van der Waals surface area contributed by atoms with Crippen LogP contribution in [0.15, 0.2) is 11.4 Å². The number of aryl methyl sites for hydroxylation is 1. The van der Waals surface area contributed by atoms with Crippen molar-refractivity contribution in [1.29, 1.82) is 0 Å². The van der Waals surface area contributed by atoms with E-state index in [1.165, 1.54) is 24.1 Å². The minimum atomic E-state index is 0.640. The zero-order valence-corrected chi connectivity index (χ0v) is 9.86. The fraction of sp³-hybridized carbons (Fsp3) is 0.667. The summed E-state index contributed by atoms with van der Waals surface area (Å²) in [7, 11) is 0. The third-order valence-electron chi connectivity index (χ3n) is 2.94. The first-order valence-electron chi connectivity index (χ1n) is 5.60. The van der Waals surface area contributed by atoms with Crippen LogP contribution >= 0.6 is 11.3 Å². The van der Waals surface area contributed by atoms with Gasteiger partial charge < -0.3 is 5.32 Å². The Labute approximate surface area is 90.5 Å². The molecule has 1 saturated carbocycles. The molecule has 0 aromatic carbocycles. The number of nitrogens with one attached hydrogen (secondary N) is 1. The highest BCUT2D eigenvalue weighted by atomic mass is 32.1. The van der Waals surface area contributed by atoms with E-state index in [-0.39, 0.29) is 0 Å². The standard InChI is InChI=1S/C12H19NS/c1-3-7-13-12(10-4-5-10)11-6-8-14-9(11)2/h6,8,10,12-13H,3-5,7H2,1-2H3. The lowest BCUT2D eigenvalue weighted by atomic mass is 10.0. The number of rotatable bonds is 5. The van der Waals surface area contributed by atoms with Crippen LogP contribution in [0.3, 0.4) is 0 Å². The Morgan fingerprint density at radius 1 is 1.57 bits per heavy atom. The van der Waals surface area contributed by atoms with Gasteiger partial charge in [0.05, 0.1) is 0 Å². The summed E-state index contributed by atoms with van der Waals surface area (Å²) in [6, 6.07) is 2.94. The maximum atomic E-state index is 3.68. The van der Waals surface area contributed by atoms with Gasteiger partial charge in [0.15, 0.2) is 0 Å². The van der Waals surface area contributed by atoms with Crippen molar-refractivity contribution in [3.63, 3.8) is 0 Å². The summed E-state index contributed by atoms with van der Waals surface area (Å²) >= 11 is 1.87. The first kappa shape index (κ1) is 10.2. The van der Waals surface area contributed by atoms with Crippen LogP contribution in [0.4, 0.5) is 0 Å². The maximum absolute atomic E-state index is 3.68. The molecule has 1 heterocycles. The molecule has 78 valence electrons. The van der Waals surface area contributed by atoms with Crippen molar-refractivity contribution in [1.82, 2.24) is 5.32 Å². The zero-order chi connectivity index (χ0) is 9.97. The zero-order valence-electron chi connectivity index (χ0n) is 9.05. The SMILES string of the molecule is CCCNC(c1ccsc1C)C1CC1. The molecule has 0 amide bonds. The van der Waals surface area contributed by atoms with Crippen molar-refractivity contribution in [2.75, 3.05) is 6.54 Å². The molecule has 1 aliphatic rings. The molecule has 1 aromatic heterocycles. The molecule has 0 radical (unpaired) electrons. The fourth-order valence-electron chi connectivity index (χ4n) is 1.98. The largest absolute Gasteiger partial charge is 0.310 e. The summed E-state index contributed by atoms with van der Waals surface area (Å²) in [5, 5.41) is 5.90. The quantitative estimate of drug-likeness (QED) is 0.782. The van der Waals surface area contributed by atoms with Gasteiger partial charge in [0.2, 0.25) is 0 Å². The average molecular weight is 209 g/mol. The Bertz CT molecular complexity index is 288. The van der Waals surface area contributed by atoms with Gasteiger partial charge in [0.25, 0.3) is 0 Å². The third kappa shape index (κ3) is 2.18. The van der Waals surface area contributed by atoms with Gasteiger partial charge in [-0.2, -0.15) is 0 Å². The summed E-state index contributed by atoms with van der Waals surface area (Å²) in [4.78, 5) is 1.49. The van der Waals surface area contributed by atoms with Crippen molar-refractivity contribution >= 4 is 11.3 Å². The molecule has 0 spiro atoms. The number of thiophene rings is 1. The van der Waals surface area contributed by atoms with Crippen LogP contribution in [0.1, 0.15) is 42.7 Å². The highest BCUT2D eigenvalue weighted by molar-refractivity contribution is 7.10. The second kappa shape index (κ2) is 4.45. The minimum absolute atomic E-state index is 0.640. The van der Waals surface area contributed by atoms with Crippen molar-refractivity contribution in [2.24, 2.45) is 5.92 Å². The molecular weight excluding hydrogens is 190 g/mol. The van der Waals surface area contributed by atoms with Crippen molar-refractivity contribution in [3.8, 4) is 0 Å². The van der Waals surface area contributed by atoms with E-state index < -0.39 is 0 Å². The van der Waals surface area contributed by atoms with E-state index in [9.17, 15) is 0 Å². The van der Waals surface area contributed by atoms with E-state index in [0.717, 1.165) is 12.5 Å². The molecule has 1 nitrogen and oxygen atoms in total. The topological polar surface area (TPSA) is 12.0 Å². The predicted octanol–water partition coefficient (Wildman–Crippen LogP) is 3.51. The molecule has 0 bridgehead atoms. The lowest BCUT2D eigenvalue weighted by Gasteiger charge is -2.17. The second-order valence-corrected chi connectivity index (χ2v) is 5.32. The molecule has 1 N–H and O–H groups in total. The number of hydrogen-bond acceptors (Lipinski definition) is 2. The first-order valence-corrected chi connectivity index (χ1v) is 6.48. The molecule has 1 aromatic rings. The smallest absolute Gasteiger partial charge is 0.0359 e. The Hall–Kier alpha value is -0.340. The molecule has 0 aliphatic heterocycles. The van der Waals surface area contributed by atoms with Gasteiger partial charge in [-0.3, -0.25) is 0 Å². The average Bonchev–Trinajstić information content (AvgIpc) is 2.92. The summed E-state index contributed by atoms with van der Waals surface area (Å²) in [6.07, 6.45) is 4.06. The molecule has 14 heavy (non-hydrogen) atoms. The molecule has 1 atom stereocenters. The van der Waals surface area contributed by atoms with Gasteiger partial charge in [-0.25, -0.2) is 0 Å². The monoisotopic (exact) mass is 209 g/mol. The van der Waals surface area contributed by atoms with Gasteiger partial charge in [-0.1, -0.05) is 6.92 Å². The van der Waals surface area contributed by atoms with Crippen LogP contribution in [0, 0.1) is 12.8 Å². The summed E-state index contributed by atoms with van der Waals surface area (Å²) in [5.74, 6) is 0.912. The summed E-state index contributed by atoms with van der Waals surface area (Å²) < 4.78 is 0. The predicted molar refractivity (Wildman–Crippen MR) is 62.8 cm³/mol. The third-order valence-corrected chi connectivity index (χ3v) is 3.80. The first-order chi connectivity index (χ1) is 6.83. The van der Waals surface area contributed by atoms with Crippen molar-refractivity contribution in [3.05, 3.63) is 21.9 Å². The minimum Gasteiger partial charge on any atom is -0.310 e. The van der Waals surface area contributed by atoms with E-state index >= 15 is 0 Å².